The number of esters is 2. The Kier molecular flexibility index (Phi) is 5.31. The Labute approximate surface area is 148 Å². The van der Waals surface area contributed by atoms with Crippen LogP contribution in [0.2, 0.25) is 0 Å². The Balaban J connectivity index is 3.03. The quantitative estimate of drug-likeness (QED) is 0.709. The monoisotopic (exact) mass is 340 g/mol. The summed E-state index contributed by atoms with van der Waals surface area (Å²) in [5.41, 5.74) is 7.11. The van der Waals surface area contributed by atoms with Crippen molar-refractivity contribution in [1.29, 1.82) is 0 Å². The fraction of sp³-hybridized carbons (Fsp3) is 0.333. The molecule has 0 heterocycles. The Bertz CT molecular complexity index is 839. The van der Waals surface area contributed by atoms with Crippen LogP contribution in [0.4, 0.5) is 0 Å². The summed E-state index contributed by atoms with van der Waals surface area (Å²) in [6.07, 6.45) is 5.80. The molecule has 0 atom stereocenters. The van der Waals surface area contributed by atoms with Crippen molar-refractivity contribution in [3.8, 4) is 0 Å². The second-order valence-corrected chi connectivity index (χ2v) is 6.37. The molecule has 0 aliphatic heterocycles. The van der Waals surface area contributed by atoms with Gasteiger partial charge in [0, 0.05) is 5.57 Å². The molecule has 4 heteroatoms. The molecule has 132 valence electrons. The normalized spacial score (nSPS) is 18.0. The third kappa shape index (κ3) is 3.29. The van der Waals surface area contributed by atoms with Gasteiger partial charge in [-0.1, -0.05) is 17.7 Å². The maximum absolute atomic E-state index is 12.7. The second kappa shape index (κ2) is 7.09. The first-order chi connectivity index (χ1) is 11.7. The zero-order valence-electron chi connectivity index (χ0n) is 15.9. The molecule has 25 heavy (non-hydrogen) atoms. The lowest BCUT2D eigenvalue weighted by Gasteiger charge is -2.18. The largest absolute Gasteiger partial charge is 0.465 e. The average molecular weight is 340 g/mol. The number of rotatable bonds is 2. The highest BCUT2D eigenvalue weighted by molar-refractivity contribution is 6.07. The molecule has 2 aliphatic rings. The van der Waals surface area contributed by atoms with Gasteiger partial charge < -0.3 is 9.47 Å². The van der Waals surface area contributed by atoms with Crippen molar-refractivity contribution >= 4 is 11.9 Å². The van der Waals surface area contributed by atoms with Gasteiger partial charge in [-0.15, -0.1) is 0 Å². The molecule has 2 aliphatic carbocycles. The lowest BCUT2D eigenvalue weighted by atomic mass is 9.86. The number of hydrogen-bond donors (Lipinski definition) is 0. The van der Waals surface area contributed by atoms with E-state index in [0.29, 0.717) is 0 Å². The van der Waals surface area contributed by atoms with Crippen molar-refractivity contribution in [1.82, 2.24) is 0 Å². The minimum atomic E-state index is -0.555. The van der Waals surface area contributed by atoms with Gasteiger partial charge in [0.15, 0.2) is 0 Å². The van der Waals surface area contributed by atoms with Crippen LogP contribution in [0.25, 0.3) is 0 Å². The fourth-order valence-corrected chi connectivity index (χ4v) is 3.38. The van der Waals surface area contributed by atoms with Crippen LogP contribution in [-0.4, -0.2) is 26.2 Å². The van der Waals surface area contributed by atoms with E-state index in [1.165, 1.54) is 14.2 Å². The van der Waals surface area contributed by atoms with E-state index in [9.17, 15) is 9.59 Å². The van der Waals surface area contributed by atoms with Gasteiger partial charge in [0.25, 0.3) is 0 Å². The lowest BCUT2D eigenvalue weighted by molar-refractivity contribution is -0.138. The van der Waals surface area contributed by atoms with Gasteiger partial charge in [0.2, 0.25) is 0 Å². The van der Waals surface area contributed by atoms with E-state index >= 15 is 0 Å². The molecule has 0 unspecified atom stereocenters. The average Bonchev–Trinajstić information content (AvgIpc) is 2.75. The standard InChI is InChI=1S/C21H24O4/c1-11-8-13(3)17-15(5)12(2)10-16(20(22)24-6)19(21(23)25-7)18(17)14(4)9-11/h8-10H,1-7H3. The maximum Gasteiger partial charge on any atom is 0.339 e. The molecule has 0 bridgehead atoms. The Morgan fingerprint density at radius 2 is 1.36 bits per heavy atom. The van der Waals surface area contributed by atoms with Crippen LogP contribution in [0.5, 0.6) is 0 Å². The van der Waals surface area contributed by atoms with Crippen LogP contribution >= 0.6 is 0 Å². The Morgan fingerprint density at radius 1 is 0.760 bits per heavy atom. The van der Waals surface area contributed by atoms with Gasteiger partial charge in [-0.3, -0.25) is 0 Å². The van der Waals surface area contributed by atoms with Crippen molar-refractivity contribution in [3.05, 3.63) is 68.4 Å². The van der Waals surface area contributed by atoms with Crippen LogP contribution in [0.1, 0.15) is 34.6 Å². The first-order valence-corrected chi connectivity index (χ1v) is 8.12. The summed E-state index contributed by atoms with van der Waals surface area (Å²) in [5, 5.41) is 0. The number of methoxy groups -OCH3 is 2. The van der Waals surface area contributed by atoms with Gasteiger partial charge in [-0.2, -0.15) is 0 Å². The minimum absolute atomic E-state index is 0.219. The van der Waals surface area contributed by atoms with Crippen LogP contribution in [0, 0.1) is 0 Å². The second-order valence-electron chi connectivity index (χ2n) is 6.37. The summed E-state index contributed by atoms with van der Waals surface area (Å²) < 4.78 is 9.94. The molecule has 0 aromatic heterocycles. The van der Waals surface area contributed by atoms with Crippen molar-refractivity contribution in [3.63, 3.8) is 0 Å². The first-order valence-electron chi connectivity index (χ1n) is 8.12. The molecule has 0 fully saturated rings. The molecule has 0 aromatic carbocycles. The van der Waals surface area contributed by atoms with Gasteiger partial charge in [0.1, 0.15) is 0 Å². The summed E-state index contributed by atoms with van der Waals surface area (Å²) in [6, 6.07) is 0. The summed E-state index contributed by atoms with van der Waals surface area (Å²) in [5.74, 6) is -1.10. The lowest BCUT2D eigenvalue weighted by Crippen LogP contribution is -2.16. The van der Waals surface area contributed by atoms with Gasteiger partial charge in [-0.25, -0.2) is 9.59 Å². The van der Waals surface area contributed by atoms with Gasteiger partial charge in [0.05, 0.1) is 25.4 Å². The third-order valence-electron chi connectivity index (χ3n) is 4.57. The smallest absolute Gasteiger partial charge is 0.339 e. The SMILES string of the molecule is COC(=O)C1=C(C(=O)OC)C2=C(C)C=C(C)C=C(C)C2=C(C)C(C)=C1. The van der Waals surface area contributed by atoms with Gasteiger partial charge in [-0.05, 0) is 68.6 Å². The topological polar surface area (TPSA) is 52.6 Å². The summed E-state index contributed by atoms with van der Waals surface area (Å²) in [4.78, 5) is 25.1. The van der Waals surface area contributed by atoms with Crippen molar-refractivity contribution in [2.75, 3.05) is 14.2 Å². The van der Waals surface area contributed by atoms with Crippen LogP contribution in [0.3, 0.4) is 0 Å². The summed E-state index contributed by atoms with van der Waals surface area (Å²) in [6.45, 7) is 9.90. The van der Waals surface area contributed by atoms with E-state index in [2.05, 4.69) is 6.08 Å². The van der Waals surface area contributed by atoms with Gasteiger partial charge >= 0.3 is 11.9 Å². The minimum Gasteiger partial charge on any atom is -0.465 e. The van der Waals surface area contributed by atoms with Crippen LogP contribution < -0.4 is 0 Å². The third-order valence-corrected chi connectivity index (χ3v) is 4.57. The predicted octanol–water partition coefficient (Wildman–Crippen LogP) is 4.13. The number of hydrogen-bond acceptors (Lipinski definition) is 4. The molecule has 4 nitrogen and oxygen atoms in total. The molecule has 0 saturated carbocycles. The van der Waals surface area contributed by atoms with Crippen LogP contribution in [-0.2, 0) is 19.1 Å². The number of fused-ring (bicyclic) bond motifs is 1. The van der Waals surface area contributed by atoms with E-state index in [1.54, 1.807) is 6.08 Å². The van der Waals surface area contributed by atoms with E-state index in [1.807, 2.05) is 40.7 Å². The van der Waals surface area contributed by atoms with Crippen molar-refractivity contribution < 1.29 is 19.1 Å². The number of ether oxygens (including phenoxy) is 2. The van der Waals surface area contributed by atoms with E-state index in [-0.39, 0.29) is 11.1 Å². The highest BCUT2D eigenvalue weighted by atomic mass is 16.5. The highest BCUT2D eigenvalue weighted by Gasteiger charge is 2.32. The highest BCUT2D eigenvalue weighted by Crippen LogP contribution is 2.41. The summed E-state index contributed by atoms with van der Waals surface area (Å²) in [7, 11) is 2.63. The van der Waals surface area contributed by atoms with Crippen LogP contribution in [0.15, 0.2) is 68.4 Å². The molecule has 0 aromatic rings. The van der Waals surface area contributed by atoms with E-state index in [4.69, 9.17) is 9.47 Å². The molecule has 0 amide bonds. The molecule has 0 saturated heterocycles. The molecule has 0 radical (unpaired) electrons. The molecule has 0 spiro atoms. The molecule has 2 rings (SSSR count). The van der Waals surface area contributed by atoms with E-state index < -0.39 is 11.9 Å². The molecular formula is C21H24O4. The zero-order valence-corrected chi connectivity index (χ0v) is 15.9. The molecular weight excluding hydrogens is 316 g/mol. The fourth-order valence-electron chi connectivity index (χ4n) is 3.38. The predicted molar refractivity (Wildman–Crippen MR) is 97.7 cm³/mol. The first kappa shape index (κ1) is 18.7. The van der Waals surface area contributed by atoms with Crippen molar-refractivity contribution in [2.24, 2.45) is 0 Å². The Morgan fingerprint density at radius 3 is 1.92 bits per heavy atom. The number of carbonyl (C=O) groups excluding carboxylic acids is 2. The maximum atomic E-state index is 12.7. The van der Waals surface area contributed by atoms with E-state index in [0.717, 1.165) is 39.0 Å². The van der Waals surface area contributed by atoms with Crippen molar-refractivity contribution in [2.45, 2.75) is 34.6 Å². The number of allylic oxidation sites excluding steroid dienone is 8. The number of carbonyl (C=O) groups is 2. The Hall–Kier alpha value is -2.62. The molecule has 0 N–H and O–H groups in total. The zero-order chi connectivity index (χ0) is 18.9. The summed E-state index contributed by atoms with van der Waals surface area (Å²) >= 11 is 0.